The molecule has 0 saturated heterocycles. The van der Waals surface area contributed by atoms with E-state index in [4.69, 9.17) is 26.1 Å². The fourth-order valence-electron chi connectivity index (χ4n) is 2.81. The molecule has 1 heterocycles. The molecule has 1 aromatic heterocycles. The summed E-state index contributed by atoms with van der Waals surface area (Å²) >= 11 is 7.45. The van der Waals surface area contributed by atoms with Gasteiger partial charge in [0.15, 0.2) is 5.16 Å². The van der Waals surface area contributed by atoms with E-state index in [9.17, 15) is 4.79 Å². The van der Waals surface area contributed by atoms with Crippen molar-refractivity contribution >= 4 is 40.4 Å². The van der Waals surface area contributed by atoms with Gasteiger partial charge >= 0.3 is 5.97 Å². The third kappa shape index (κ3) is 6.15. The molecule has 0 aliphatic carbocycles. The number of thioether (sulfide) groups is 1. The predicted molar refractivity (Wildman–Crippen MR) is 118 cm³/mol. The molecule has 0 N–H and O–H groups in total. The standard InChI is InChI=1S/C22H25ClN2O3S/c1-15-5-10-19-18(13-15)24-21(25(19)14-20(26)28-22(2,3)4)29-12-11-27-17-8-6-16(23)7-9-17/h5-10,13H,11-12,14H2,1-4H3. The Morgan fingerprint density at radius 1 is 1.17 bits per heavy atom. The van der Waals surface area contributed by atoms with E-state index >= 15 is 0 Å². The first-order valence-corrected chi connectivity index (χ1v) is 10.8. The van der Waals surface area contributed by atoms with Gasteiger partial charge in [0, 0.05) is 10.8 Å². The summed E-state index contributed by atoms with van der Waals surface area (Å²) in [6.45, 7) is 8.26. The third-order valence-corrected chi connectivity index (χ3v) is 5.17. The van der Waals surface area contributed by atoms with E-state index in [1.54, 1.807) is 23.9 Å². The number of hydrogen-bond donors (Lipinski definition) is 0. The summed E-state index contributed by atoms with van der Waals surface area (Å²) in [6.07, 6.45) is 0. The van der Waals surface area contributed by atoms with E-state index < -0.39 is 5.60 Å². The van der Waals surface area contributed by atoms with Gasteiger partial charge in [0.25, 0.3) is 0 Å². The predicted octanol–water partition coefficient (Wildman–Crippen LogP) is 5.51. The maximum atomic E-state index is 12.4. The Balaban J connectivity index is 1.71. The van der Waals surface area contributed by atoms with Crippen LogP contribution in [0.4, 0.5) is 0 Å². The molecule has 0 spiro atoms. The molecule has 2 aromatic carbocycles. The van der Waals surface area contributed by atoms with Crippen molar-refractivity contribution < 1.29 is 14.3 Å². The summed E-state index contributed by atoms with van der Waals surface area (Å²) in [6, 6.07) is 13.3. The Kier molecular flexibility index (Phi) is 6.75. The lowest BCUT2D eigenvalue weighted by molar-refractivity contribution is -0.155. The number of esters is 1. The SMILES string of the molecule is Cc1ccc2c(c1)nc(SCCOc1ccc(Cl)cc1)n2CC(=O)OC(C)(C)C. The van der Waals surface area contributed by atoms with Gasteiger partial charge in [-0.25, -0.2) is 4.98 Å². The molecule has 3 aromatic rings. The molecule has 154 valence electrons. The smallest absolute Gasteiger partial charge is 0.326 e. The molecule has 0 amide bonds. The normalized spacial score (nSPS) is 11.6. The highest BCUT2D eigenvalue weighted by Crippen LogP contribution is 2.26. The monoisotopic (exact) mass is 432 g/mol. The van der Waals surface area contributed by atoms with Crippen LogP contribution in [0.15, 0.2) is 47.6 Å². The number of nitrogens with zero attached hydrogens (tertiary/aromatic N) is 2. The minimum absolute atomic E-state index is 0.122. The van der Waals surface area contributed by atoms with Crippen molar-refractivity contribution in [2.45, 2.75) is 45.0 Å². The van der Waals surface area contributed by atoms with Crippen LogP contribution in [0.2, 0.25) is 5.02 Å². The number of fused-ring (bicyclic) bond motifs is 1. The van der Waals surface area contributed by atoms with Crippen LogP contribution >= 0.6 is 23.4 Å². The highest BCUT2D eigenvalue weighted by molar-refractivity contribution is 7.99. The third-order valence-electron chi connectivity index (χ3n) is 3.97. The fourth-order valence-corrected chi connectivity index (χ4v) is 3.76. The van der Waals surface area contributed by atoms with Gasteiger partial charge in [-0.15, -0.1) is 0 Å². The quantitative estimate of drug-likeness (QED) is 0.280. The number of ether oxygens (including phenoxy) is 2. The molecule has 7 heteroatoms. The summed E-state index contributed by atoms with van der Waals surface area (Å²) in [5.74, 6) is 1.18. The van der Waals surface area contributed by atoms with Gasteiger partial charge < -0.3 is 14.0 Å². The molecule has 0 unspecified atom stereocenters. The summed E-state index contributed by atoms with van der Waals surface area (Å²) in [4.78, 5) is 17.1. The fraction of sp³-hybridized carbons (Fsp3) is 0.364. The number of aromatic nitrogens is 2. The summed E-state index contributed by atoms with van der Waals surface area (Å²) in [5.41, 5.74) is 2.39. The second-order valence-electron chi connectivity index (χ2n) is 7.71. The van der Waals surface area contributed by atoms with E-state index in [2.05, 4.69) is 0 Å². The lowest BCUT2D eigenvalue weighted by atomic mass is 10.2. The molecule has 29 heavy (non-hydrogen) atoms. The molecule has 0 bridgehead atoms. The van der Waals surface area contributed by atoms with Crippen LogP contribution in [0, 0.1) is 6.92 Å². The Hall–Kier alpha value is -2.18. The van der Waals surface area contributed by atoms with Gasteiger partial charge in [-0.1, -0.05) is 29.4 Å². The Morgan fingerprint density at radius 2 is 1.90 bits per heavy atom. The van der Waals surface area contributed by atoms with E-state index in [0.717, 1.165) is 27.5 Å². The van der Waals surface area contributed by atoms with Crippen LogP contribution in [0.1, 0.15) is 26.3 Å². The maximum absolute atomic E-state index is 12.4. The van der Waals surface area contributed by atoms with E-state index in [1.807, 2.05) is 62.6 Å². The molecule has 0 aliphatic heterocycles. The second-order valence-corrected chi connectivity index (χ2v) is 9.21. The number of rotatable bonds is 7. The van der Waals surface area contributed by atoms with Gasteiger partial charge in [-0.2, -0.15) is 0 Å². The molecule has 0 aliphatic rings. The Morgan fingerprint density at radius 3 is 2.59 bits per heavy atom. The highest BCUT2D eigenvalue weighted by Gasteiger charge is 2.20. The van der Waals surface area contributed by atoms with Crippen LogP contribution < -0.4 is 4.74 Å². The van der Waals surface area contributed by atoms with E-state index in [1.165, 1.54) is 0 Å². The first kappa shape index (κ1) is 21.5. The number of aryl methyl sites for hydroxylation is 1. The number of imidazole rings is 1. The van der Waals surface area contributed by atoms with Crippen molar-refractivity contribution in [1.29, 1.82) is 0 Å². The molecule has 0 fully saturated rings. The molecular formula is C22H25ClN2O3S. The summed E-state index contributed by atoms with van der Waals surface area (Å²) in [5, 5.41) is 1.45. The van der Waals surface area contributed by atoms with Crippen molar-refractivity contribution in [2.24, 2.45) is 0 Å². The Labute approximate surface area is 180 Å². The van der Waals surface area contributed by atoms with Crippen molar-refractivity contribution in [3.8, 4) is 5.75 Å². The zero-order valence-corrected chi connectivity index (χ0v) is 18.6. The number of carbonyl (C=O) groups excluding carboxylic acids is 1. The highest BCUT2D eigenvalue weighted by atomic mass is 35.5. The van der Waals surface area contributed by atoms with Crippen LogP contribution in [-0.2, 0) is 16.1 Å². The molecular weight excluding hydrogens is 408 g/mol. The minimum Gasteiger partial charge on any atom is -0.493 e. The second kappa shape index (κ2) is 9.09. The minimum atomic E-state index is -0.524. The zero-order chi connectivity index (χ0) is 21.0. The van der Waals surface area contributed by atoms with E-state index in [-0.39, 0.29) is 12.5 Å². The molecule has 0 radical (unpaired) electrons. The van der Waals surface area contributed by atoms with Crippen LogP contribution in [-0.4, -0.2) is 33.5 Å². The maximum Gasteiger partial charge on any atom is 0.326 e. The van der Waals surface area contributed by atoms with Crippen LogP contribution in [0.5, 0.6) is 5.75 Å². The largest absolute Gasteiger partial charge is 0.493 e. The van der Waals surface area contributed by atoms with Crippen molar-refractivity contribution in [3.63, 3.8) is 0 Å². The summed E-state index contributed by atoms with van der Waals surface area (Å²) in [7, 11) is 0. The zero-order valence-electron chi connectivity index (χ0n) is 17.1. The first-order chi connectivity index (χ1) is 13.7. The van der Waals surface area contributed by atoms with Gasteiger partial charge in [0.2, 0.25) is 0 Å². The number of halogens is 1. The lowest BCUT2D eigenvalue weighted by Gasteiger charge is -2.20. The summed E-state index contributed by atoms with van der Waals surface area (Å²) < 4.78 is 13.2. The van der Waals surface area contributed by atoms with Gasteiger partial charge in [0.1, 0.15) is 17.9 Å². The Bertz CT molecular complexity index is 994. The van der Waals surface area contributed by atoms with Crippen molar-refractivity contribution in [2.75, 3.05) is 12.4 Å². The number of carbonyl (C=O) groups is 1. The van der Waals surface area contributed by atoms with Gasteiger partial charge in [-0.05, 0) is 69.7 Å². The molecule has 0 saturated carbocycles. The average molecular weight is 433 g/mol. The van der Waals surface area contributed by atoms with Gasteiger partial charge in [-0.3, -0.25) is 4.79 Å². The van der Waals surface area contributed by atoms with E-state index in [0.29, 0.717) is 17.4 Å². The topological polar surface area (TPSA) is 53.4 Å². The van der Waals surface area contributed by atoms with Crippen molar-refractivity contribution in [3.05, 3.63) is 53.1 Å². The first-order valence-electron chi connectivity index (χ1n) is 9.41. The van der Waals surface area contributed by atoms with Crippen LogP contribution in [0.25, 0.3) is 11.0 Å². The van der Waals surface area contributed by atoms with Crippen LogP contribution in [0.3, 0.4) is 0 Å². The average Bonchev–Trinajstić information content (AvgIpc) is 2.95. The molecule has 0 atom stereocenters. The number of benzene rings is 2. The molecule has 3 rings (SSSR count). The lowest BCUT2D eigenvalue weighted by Crippen LogP contribution is -2.26. The van der Waals surface area contributed by atoms with Crippen molar-refractivity contribution in [1.82, 2.24) is 9.55 Å². The van der Waals surface area contributed by atoms with Gasteiger partial charge in [0.05, 0.1) is 17.6 Å². The molecule has 5 nitrogen and oxygen atoms in total. The number of hydrogen-bond acceptors (Lipinski definition) is 5.